The number of carboxylic acid groups (broad SMARTS) is 1. The van der Waals surface area contributed by atoms with E-state index in [2.05, 4.69) is 42.0 Å². The highest BCUT2D eigenvalue weighted by molar-refractivity contribution is 14.1. The number of carboxylic acids is 1. The highest BCUT2D eigenvalue weighted by Gasteiger charge is 2.32. The van der Waals surface area contributed by atoms with Crippen molar-refractivity contribution >= 4 is 28.6 Å². The largest absolute Gasteiger partial charge is 0.573 e. The Kier molecular flexibility index (Phi) is 15.4. The number of alkyl halides is 7. The number of nitrogens with zero attached hydrogens (tertiary/aromatic N) is 2. The number of benzene rings is 2. The van der Waals surface area contributed by atoms with Gasteiger partial charge >= 0.3 is 18.7 Å². The molecule has 0 spiro atoms. The molecular formula is C35H37F6IN2O9. The summed E-state index contributed by atoms with van der Waals surface area (Å²) >= 11 is 2.11. The van der Waals surface area contributed by atoms with E-state index in [1.54, 1.807) is 19.1 Å². The van der Waals surface area contributed by atoms with Crippen molar-refractivity contribution in [2.75, 3.05) is 13.2 Å². The predicted molar refractivity (Wildman–Crippen MR) is 184 cm³/mol. The fraction of sp³-hybridized carbons (Fsp3) is 0.457. The molecule has 0 amide bonds. The molecule has 1 N–H and O–H groups in total. The Balaban J connectivity index is 0.000000291. The van der Waals surface area contributed by atoms with Gasteiger partial charge in [0.2, 0.25) is 11.8 Å². The summed E-state index contributed by atoms with van der Waals surface area (Å²) < 4.78 is 110. The standard InChI is InChI=1S/C24H30F3NO7.C11H7F3INO2/c1-3-10-31-21(23(29)30)14-33-18-8-5-7-17(12-18)32-13-20-15(2)34-22(28-20)16-6-4-9-19(11-16)35-24(25,26)27;12-11(13,14)18-9-3-1-2-7(4-9)10-16-8(5-15)6-17-10/h4,6,9,11,17-18,21H,3,5,7-8,10,12-14H2,1-2H3,(H,29,30);1-4,6H,5H2/t17-,18+,21?;/m0./s1. The third-order valence-electron chi connectivity index (χ3n) is 7.53. The van der Waals surface area contributed by atoms with Gasteiger partial charge in [0, 0.05) is 22.2 Å². The molecule has 5 rings (SSSR count). The first-order valence-corrected chi connectivity index (χ1v) is 17.9. The second kappa shape index (κ2) is 19.4. The first kappa shape index (κ1) is 41.9. The topological polar surface area (TPSA) is 136 Å². The lowest BCUT2D eigenvalue weighted by Crippen LogP contribution is -2.34. The monoisotopic (exact) mass is 870 g/mol. The van der Waals surface area contributed by atoms with Crippen molar-refractivity contribution in [1.82, 2.24) is 9.97 Å². The number of ether oxygens (including phenoxy) is 5. The van der Waals surface area contributed by atoms with Gasteiger partial charge < -0.3 is 37.6 Å². The van der Waals surface area contributed by atoms with E-state index in [9.17, 15) is 36.2 Å². The van der Waals surface area contributed by atoms with E-state index in [1.807, 2.05) is 6.92 Å². The molecule has 2 aromatic carbocycles. The number of oxazole rings is 2. The molecule has 4 aromatic rings. The Morgan fingerprint density at radius 3 is 2.09 bits per heavy atom. The zero-order valence-electron chi connectivity index (χ0n) is 28.5. The number of aliphatic carboxylic acids is 1. The third kappa shape index (κ3) is 14.1. The second-order valence-corrected chi connectivity index (χ2v) is 12.5. The molecule has 290 valence electrons. The summed E-state index contributed by atoms with van der Waals surface area (Å²) in [6.45, 7) is 4.12. The van der Waals surface area contributed by atoms with E-state index < -0.39 is 24.8 Å². The quantitative estimate of drug-likeness (QED) is 0.0696. The van der Waals surface area contributed by atoms with Gasteiger partial charge in [0.25, 0.3) is 0 Å². The molecule has 11 nitrogen and oxygen atoms in total. The Labute approximate surface area is 314 Å². The third-order valence-corrected chi connectivity index (χ3v) is 8.31. The van der Waals surface area contributed by atoms with E-state index in [-0.39, 0.29) is 48.7 Å². The minimum atomic E-state index is -4.79. The van der Waals surface area contributed by atoms with Crippen molar-refractivity contribution in [3.8, 4) is 34.4 Å². The van der Waals surface area contributed by atoms with E-state index in [0.29, 0.717) is 40.0 Å². The van der Waals surface area contributed by atoms with Gasteiger partial charge in [-0.05, 0) is 75.4 Å². The molecule has 0 radical (unpaired) electrons. The number of halogens is 7. The molecule has 0 aliphatic heterocycles. The van der Waals surface area contributed by atoms with Crippen LogP contribution in [0.3, 0.4) is 0 Å². The summed E-state index contributed by atoms with van der Waals surface area (Å²) in [4.78, 5) is 19.8. The van der Waals surface area contributed by atoms with Crippen molar-refractivity contribution in [3.63, 3.8) is 0 Å². The highest BCUT2D eigenvalue weighted by atomic mass is 127. The summed E-state index contributed by atoms with van der Waals surface area (Å²) in [5.74, 6) is -0.756. The molecule has 53 heavy (non-hydrogen) atoms. The lowest BCUT2D eigenvalue weighted by molar-refractivity contribution is -0.275. The first-order chi connectivity index (χ1) is 25.1. The average Bonchev–Trinajstić information content (AvgIpc) is 3.73. The van der Waals surface area contributed by atoms with Crippen molar-refractivity contribution in [2.24, 2.45) is 0 Å². The number of aromatic nitrogens is 2. The van der Waals surface area contributed by atoms with Crippen LogP contribution in [-0.2, 0) is 30.0 Å². The lowest BCUT2D eigenvalue weighted by atomic mass is 9.95. The van der Waals surface area contributed by atoms with Crippen LogP contribution >= 0.6 is 22.6 Å². The summed E-state index contributed by atoms with van der Waals surface area (Å²) in [5, 5.41) is 9.26. The number of rotatable bonds is 15. The maximum absolute atomic E-state index is 12.5. The fourth-order valence-corrected chi connectivity index (χ4v) is 5.47. The van der Waals surface area contributed by atoms with Crippen LogP contribution in [0, 0.1) is 6.92 Å². The molecular weight excluding hydrogens is 833 g/mol. The van der Waals surface area contributed by atoms with Gasteiger partial charge in [0.05, 0.1) is 31.1 Å². The predicted octanol–water partition coefficient (Wildman–Crippen LogP) is 9.45. The minimum Gasteiger partial charge on any atom is -0.479 e. The van der Waals surface area contributed by atoms with Crippen molar-refractivity contribution in [3.05, 3.63) is 71.9 Å². The Bertz CT molecular complexity index is 1750. The van der Waals surface area contributed by atoms with Gasteiger partial charge in [-0.2, -0.15) is 0 Å². The minimum absolute atomic E-state index is 0.0183. The van der Waals surface area contributed by atoms with Crippen LogP contribution in [0.5, 0.6) is 11.5 Å². The Morgan fingerprint density at radius 2 is 1.55 bits per heavy atom. The van der Waals surface area contributed by atoms with Crippen molar-refractivity contribution < 1.29 is 68.8 Å². The van der Waals surface area contributed by atoms with E-state index >= 15 is 0 Å². The van der Waals surface area contributed by atoms with Crippen LogP contribution in [-0.4, -0.2) is 65.3 Å². The van der Waals surface area contributed by atoms with Gasteiger partial charge in [0.1, 0.15) is 29.2 Å². The number of aryl methyl sites for hydroxylation is 1. The molecule has 2 heterocycles. The van der Waals surface area contributed by atoms with Gasteiger partial charge in [-0.15, -0.1) is 26.3 Å². The van der Waals surface area contributed by atoms with Crippen LogP contribution in [0.1, 0.15) is 56.2 Å². The lowest BCUT2D eigenvalue weighted by Gasteiger charge is -2.29. The zero-order chi connectivity index (χ0) is 38.6. The average molecular weight is 871 g/mol. The molecule has 0 saturated heterocycles. The zero-order valence-corrected chi connectivity index (χ0v) is 30.7. The van der Waals surface area contributed by atoms with E-state index in [1.165, 1.54) is 42.7 Å². The van der Waals surface area contributed by atoms with Crippen LogP contribution in [0.25, 0.3) is 22.9 Å². The molecule has 1 fully saturated rings. The Hall–Kier alpha value is -3.88. The number of carbonyl (C=O) groups is 1. The molecule has 18 heteroatoms. The molecule has 2 aromatic heterocycles. The van der Waals surface area contributed by atoms with E-state index in [0.717, 1.165) is 31.4 Å². The summed E-state index contributed by atoms with van der Waals surface area (Å²) in [7, 11) is 0. The molecule has 3 atom stereocenters. The van der Waals surface area contributed by atoms with Gasteiger partial charge in [0.15, 0.2) is 6.10 Å². The second-order valence-electron chi connectivity index (χ2n) is 11.7. The first-order valence-electron chi connectivity index (χ1n) is 16.4. The molecule has 1 unspecified atom stereocenters. The summed E-state index contributed by atoms with van der Waals surface area (Å²) in [6, 6.07) is 10.9. The van der Waals surface area contributed by atoms with Gasteiger partial charge in [-0.1, -0.05) is 41.6 Å². The van der Waals surface area contributed by atoms with Crippen LogP contribution in [0.4, 0.5) is 26.3 Å². The van der Waals surface area contributed by atoms with Gasteiger partial charge in [-0.25, -0.2) is 14.8 Å². The van der Waals surface area contributed by atoms with Crippen molar-refractivity contribution in [1.29, 1.82) is 0 Å². The fourth-order valence-electron chi connectivity index (χ4n) is 5.11. The van der Waals surface area contributed by atoms with Crippen molar-refractivity contribution in [2.45, 2.75) is 88.0 Å². The van der Waals surface area contributed by atoms with Crippen LogP contribution in [0.15, 0.2) is 63.6 Å². The van der Waals surface area contributed by atoms with Gasteiger partial charge in [-0.3, -0.25) is 0 Å². The molecule has 1 aliphatic rings. The normalized spacial score (nSPS) is 16.8. The SMILES string of the molecule is CCCOC(CO[C@@H]1CCC[C@H](OCc2nc(-c3cccc(OC(F)(F)F)c3)oc2C)C1)C(=O)O.FC(F)(F)Oc1cccc(-c2nc(CI)co2)c1. The molecule has 0 bridgehead atoms. The number of hydrogen-bond acceptors (Lipinski definition) is 10. The highest BCUT2D eigenvalue weighted by Crippen LogP contribution is 2.31. The molecule has 1 aliphatic carbocycles. The maximum Gasteiger partial charge on any atom is 0.573 e. The van der Waals surface area contributed by atoms with Crippen LogP contribution < -0.4 is 9.47 Å². The summed E-state index contributed by atoms with van der Waals surface area (Å²) in [5.41, 5.74) is 2.06. The van der Waals surface area contributed by atoms with E-state index in [4.69, 9.17) is 23.0 Å². The number of hydrogen-bond donors (Lipinski definition) is 1. The Morgan fingerprint density at radius 1 is 0.943 bits per heavy atom. The summed E-state index contributed by atoms with van der Waals surface area (Å²) in [6.07, 6.45) is -5.41. The molecule has 1 saturated carbocycles. The smallest absolute Gasteiger partial charge is 0.479 e. The van der Waals surface area contributed by atoms with Crippen LogP contribution in [0.2, 0.25) is 0 Å². The maximum atomic E-state index is 12.5.